The number of hydrogen-bond donors (Lipinski definition) is 1. The van der Waals surface area contributed by atoms with E-state index in [1.807, 2.05) is 12.1 Å². The summed E-state index contributed by atoms with van der Waals surface area (Å²) in [5.41, 5.74) is 0.969. The second-order valence-electron chi connectivity index (χ2n) is 6.35. The van der Waals surface area contributed by atoms with Crippen molar-refractivity contribution in [3.8, 4) is 5.75 Å². The quantitative estimate of drug-likeness (QED) is 0.707. The first-order valence-electron chi connectivity index (χ1n) is 8.40. The van der Waals surface area contributed by atoms with Crippen molar-refractivity contribution >= 4 is 27.6 Å². The zero-order valence-corrected chi connectivity index (χ0v) is 16.5. The molecular weight excluding hydrogens is 390 g/mol. The van der Waals surface area contributed by atoms with Crippen molar-refractivity contribution in [2.24, 2.45) is 5.92 Å². The highest BCUT2D eigenvalue weighted by atomic mass is 35.5. The summed E-state index contributed by atoms with van der Waals surface area (Å²) < 4.78 is 38.5. The molecule has 1 unspecified atom stereocenters. The van der Waals surface area contributed by atoms with E-state index < -0.39 is 16.0 Å². The first-order chi connectivity index (χ1) is 12.9. The topological polar surface area (TPSA) is 81.7 Å². The number of nitrogens with one attached hydrogen (secondary N) is 1. The van der Waals surface area contributed by atoms with Gasteiger partial charge in [0.05, 0.1) is 24.8 Å². The van der Waals surface area contributed by atoms with E-state index >= 15 is 0 Å². The third-order valence-corrected chi connectivity index (χ3v) is 6.41. The lowest BCUT2D eigenvalue weighted by Crippen LogP contribution is -2.30. The molecular formula is C19H20ClNO5S. The number of benzene rings is 2. The van der Waals surface area contributed by atoms with Crippen molar-refractivity contribution in [2.45, 2.75) is 23.8 Å². The van der Waals surface area contributed by atoms with Crippen LogP contribution in [-0.2, 0) is 14.8 Å². The molecule has 3 rings (SSSR count). The zero-order chi connectivity index (χ0) is 19.6. The van der Waals surface area contributed by atoms with Crippen molar-refractivity contribution in [3.05, 3.63) is 58.6 Å². The van der Waals surface area contributed by atoms with Crippen LogP contribution in [0.1, 0.15) is 34.8 Å². The second kappa shape index (κ2) is 7.88. The fourth-order valence-corrected chi connectivity index (χ4v) is 4.68. The summed E-state index contributed by atoms with van der Waals surface area (Å²) in [6, 6.07) is 10.9. The van der Waals surface area contributed by atoms with Crippen LogP contribution in [0.15, 0.2) is 47.4 Å². The lowest BCUT2D eigenvalue weighted by atomic mass is 10.0. The van der Waals surface area contributed by atoms with Gasteiger partial charge in [-0.25, -0.2) is 17.9 Å². The van der Waals surface area contributed by atoms with Gasteiger partial charge in [-0.1, -0.05) is 23.7 Å². The van der Waals surface area contributed by atoms with E-state index in [0.29, 0.717) is 5.75 Å². The Kier molecular flexibility index (Phi) is 5.74. The molecule has 0 saturated heterocycles. The Balaban J connectivity index is 1.92. The molecule has 2 aromatic carbocycles. The highest BCUT2D eigenvalue weighted by Crippen LogP contribution is 2.42. The van der Waals surface area contributed by atoms with E-state index in [0.717, 1.165) is 18.4 Å². The molecule has 0 aliphatic heterocycles. The molecule has 0 spiro atoms. The van der Waals surface area contributed by atoms with Gasteiger partial charge in [-0.2, -0.15) is 0 Å². The van der Waals surface area contributed by atoms with Crippen molar-refractivity contribution in [3.63, 3.8) is 0 Å². The number of methoxy groups -OCH3 is 2. The molecule has 0 radical (unpaired) electrons. The van der Waals surface area contributed by atoms with Crippen molar-refractivity contribution in [1.82, 2.24) is 4.72 Å². The maximum atomic E-state index is 13.0. The van der Waals surface area contributed by atoms with Crippen LogP contribution in [0.5, 0.6) is 5.75 Å². The molecule has 8 heteroatoms. The van der Waals surface area contributed by atoms with Crippen LogP contribution in [0.25, 0.3) is 0 Å². The van der Waals surface area contributed by atoms with Gasteiger partial charge in [0.25, 0.3) is 0 Å². The SMILES string of the molecule is COC(=O)c1ccc(Cl)c(S(=O)(=O)NC(c2ccc(OC)cc2)C2CC2)c1. The molecule has 2 aromatic rings. The molecule has 0 bridgehead atoms. The molecule has 1 aliphatic rings. The first kappa shape index (κ1) is 19.7. The molecule has 1 aliphatic carbocycles. The largest absolute Gasteiger partial charge is 0.497 e. The highest BCUT2D eigenvalue weighted by Gasteiger charge is 2.36. The zero-order valence-electron chi connectivity index (χ0n) is 14.9. The fraction of sp³-hybridized carbons (Fsp3) is 0.316. The summed E-state index contributed by atoms with van der Waals surface area (Å²) in [5, 5.41) is 0.0411. The Morgan fingerprint density at radius 1 is 1.15 bits per heavy atom. The van der Waals surface area contributed by atoms with Gasteiger partial charge < -0.3 is 9.47 Å². The van der Waals surface area contributed by atoms with E-state index in [4.69, 9.17) is 16.3 Å². The van der Waals surface area contributed by atoms with Gasteiger partial charge in [0, 0.05) is 6.04 Å². The number of carbonyl (C=O) groups is 1. The summed E-state index contributed by atoms with van der Waals surface area (Å²) in [6.45, 7) is 0. The Morgan fingerprint density at radius 3 is 2.37 bits per heavy atom. The highest BCUT2D eigenvalue weighted by molar-refractivity contribution is 7.89. The number of esters is 1. The molecule has 1 N–H and O–H groups in total. The van der Waals surface area contributed by atoms with Crippen LogP contribution in [0, 0.1) is 5.92 Å². The fourth-order valence-electron chi connectivity index (χ4n) is 2.86. The van der Waals surface area contributed by atoms with E-state index in [1.54, 1.807) is 19.2 Å². The molecule has 0 amide bonds. The monoisotopic (exact) mass is 409 g/mol. The average molecular weight is 410 g/mol. The summed E-state index contributed by atoms with van der Waals surface area (Å²) in [7, 11) is -1.14. The molecule has 27 heavy (non-hydrogen) atoms. The smallest absolute Gasteiger partial charge is 0.337 e. The van der Waals surface area contributed by atoms with E-state index in [1.165, 1.54) is 25.3 Å². The predicted molar refractivity (Wildman–Crippen MR) is 102 cm³/mol. The van der Waals surface area contributed by atoms with Gasteiger partial charge in [-0.3, -0.25) is 0 Å². The second-order valence-corrected chi connectivity index (χ2v) is 8.44. The lowest BCUT2D eigenvalue weighted by Gasteiger charge is -2.20. The Morgan fingerprint density at radius 2 is 1.81 bits per heavy atom. The Labute approximate surface area is 163 Å². The van der Waals surface area contributed by atoms with Gasteiger partial charge in [0.15, 0.2) is 0 Å². The van der Waals surface area contributed by atoms with E-state index in [2.05, 4.69) is 9.46 Å². The van der Waals surface area contributed by atoms with Crippen molar-refractivity contribution < 1.29 is 22.7 Å². The molecule has 1 atom stereocenters. The minimum absolute atomic E-state index is 0.0411. The average Bonchev–Trinajstić information content (AvgIpc) is 3.51. The third-order valence-electron chi connectivity index (χ3n) is 4.49. The minimum atomic E-state index is -3.94. The number of ether oxygens (including phenoxy) is 2. The van der Waals surface area contributed by atoms with E-state index in [9.17, 15) is 13.2 Å². The third kappa shape index (κ3) is 4.43. The molecule has 6 nitrogen and oxygen atoms in total. The van der Waals surface area contributed by atoms with Crippen LogP contribution in [0.4, 0.5) is 0 Å². The van der Waals surface area contributed by atoms with Crippen LogP contribution >= 0.6 is 11.6 Å². The number of hydrogen-bond acceptors (Lipinski definition) is 5. The van der Waals surface area contributed by atoms with Crippen LogP contribution < -0.4 is 9.46 Å². The van der Waals surface area contributed by atoms with Crippen LogP contribution in [0.2, 0.25) is 5.02 Å². The minimum Gasteiger partial charge on any atom is -0.497 e. The summed E-state index contributed by atoms with van der Waals surface area (Å²) in [4.78, 5) is 11.6. The van der Waals surface area contributed by atoms with Gasteiger partial charge in [-0.15, -0.1) is 0 Å². The standard InChI is InChI=1S/C19H20ClNO5S/c1-25-15-8-5-13(6-9-15)18(12-3-4-12)21-27(23,24)17-11-14(19(22)26-2)7-10-16(17)20/h5-12,18,21H,3-4H2,1-2H3. The van der Waals surface area contributed by atoms with Gasteiger partial charge in [-0.05, 0) is 54.7 Å². The molecule has 0 heterocycles. The summed E-state index contributed by atoms with van der Waals surface area (Å²) in [6.07, 6.45) is 1.88. The first-order valence-corrected chi connectivity index (χ1v) is 10.3. The molecule has 1 fully saturated rings. The van der Waals surface area contributed by atoms with Crippen molar-refractivity contribution in [1.29, 1.82) is 0 Å². The number of halogens is 1. The molecule has 1 saturated carbocycles. The summed E-state index contributed by atoms with van der Waals surface area (Å²) in [5.74, 6) is 0.290. The normalized spacial score (nSPS) is 15.2. The van der Waals surface area contributed by atoms with Crippen molar-refractivity contribution in [2.75, 3.05) is 14.2 Å². The Bertz CT molecular complexity index is 939. The Hall–Kier alpha value is -2.09. The lowest BCUT2D eigenvalue weighted by molar-refractivity contribution is 0.0600. The van der Waals surface area contributed by atoms with E-state index in [-0.39, 0.29) is 27.4 Å². The van der Waals surface area contributed by atoms with Crippen LogP contribution in [-0.4, -0.2) is 28.6 Å². The number of carbonyl (C=O) groups excluding carboxylic acids is 1. The number of rotatable bonds is 7. The molecule has 144 valence electrons. The maximum Gasteiger partial charge on any atom is 0.337 e. The number of sulfonamides is 1. The maximum absolute atomic E-state index is 13.0. The van der Waals surface area contributed by atoms with Crippen LogP contribution in [0.3, 0.4) is 0 Å². The molecule has 0 aromatic heterocycles. The summed E-state index contributed by atoms with van der Waals surface area (Å²) >= 11 is 6.11. The predicted octanol–water partition coefficient (Wildman–Crippen LogP) is 3.56. The van der Waals surface area contributed by atoms with Gasteiger partial charge in [0.1, 0.15) is 10.6 Å². The van der Waals surface area contributed by atoms with Gasteiger partial charge >= 0.3 is 5.97 Å². The van der Waals surface area contributed by atoms with Gasteiger partial charge in [0.2, 0.25) is 10.0 Å².